The number of hydrogen-bond donors (Lipinski definition) is 1. The number of benzene rings is 1. The van der Waals surface area contributed by atoms with Gasteiger partial charge in [0, 0.05) is 11.8 Å². The highest BCUT2D eigenvalue weighted by Gasteiger charge is 2.17. The Morgan fingerprint density at radius 1 is 1.22 bits per heavy atom. The zero-order chi connectivity index (χ0) is 16.2. The van der Waals surface area contributed by atoms with E-state index in [0.717, 1.165) is 35.5 Å². The van der Waals surface area contributed by atoms with E-state index in [2.05, 4.69) is 21.6 Å². The van der Waals surface area contributed by atoms with Gasteiger partial charge in [-0.05, 0) is 57.2 Å². The first-order chi connectivity index (χ1) is 11.2. The molecule has 1 fully saturated rings. The fourth-order valence-corrected chi connectivity index (χ4v) is 2.82. The molecule has 5 heteroatoms. The highest BCUT2D eigenvalue weighted by atomic mass is 16.5. The van der Waals surface area contributed by atoms with Gasteiger partial charge in [0.2, 0.25) is 0 Å². The molecule has 0 amide bonds. The maximum absolute atomic E-state index is 9.36. The van der Waals surface area contributed by atoms with E-state index in [1.54, 1.807) is 0 Å². The van der Waals surface area contributed by atoms with Gasteiger partial charge >= 0.3 is 0 Å². The van der Waals surface area contributed by atoms with Crippen LogP contribution in [0.15, 0.2) is 24.3 Å². The lowest BCUT2D eigenvalue weighted by Crippen LogP contribution is -2.11. The van der Waals surface area contributed by atoms with Crippen molar-refractivity contribution in [3.63, 3.8) is 0 Å². The van der Waals surface area contributed by atoms with Gasteiger partial charge in [0.15, 0.2) is 5.82 Å². The molecule has 1 aromatic heterocycles. The van der Waals surface area contributed by atoms with Crippen LogP contribution >= 0.6 is 0 Å². The summed E-state index contributed by atoms with van der Waals surface area (Å²) in [5, 5.41) is 20.8. The maximum atomic E-state index is 9.36. The number of hydrogen-bond acceptors (Lipinski definition) is 5. The number of nitrogens with one attached hydrogen (secondary N) is 1. The smallest absolute Gasteiger partial charge is 0.171 e. The van der Waals surface area contributed by atoms with Gasteiger partial charge in [0.05, 0.1) is 11.8 Å². The summed E-state index contributed by atoms with van der Waals surface area (Å²) in [4.78, 5) is 0. The molecule has 0 radical (unpaired) electrons. The third-order valence-electron chi connectivity index (χ3n) is 4.27. The van der Waals surface area contributed by atoms with Crippen LogP contribution in [0.5, 0.6) is 5.75 Å². The number of aryl methyl sites for hydroxylation is 1. The van der Waals surface area contributed by atoms with Crippen LogP contribution in [-0.2, 0) is 0 Å². The SMILES string of the molecule is Cc1nnc(Nc2cccc(OC3CCCC3)c2)c(C#N)c1C. The molecule has 1 N–H and O–H groups in total. The van der Waals surface area contributed by atoms with E-state index in [4.69, 9.17) is 4.74 Å². The molecule has 1 saturated carbocycles. The van der Waals surface area contributed by atoms with Gasteiger partial charge in [-0.25, -0.2) is 0 Å². The van der Waals surface area contributed by atoms with Gasteiger partial charge in [-0.2, -0.15) is 10.4 Å². The minimum atomic E-state index is 0.321. The van der Waals surface area contributed by atoms with Crippen molar-refractivity contribution in [3.8, 4) is 11.8 Å². The Bertz CT molecular complexity index is 745. The molecule has 0 spiro atoms. The fourth-order valence-electron chi connectivity index (χ4n) is 2.82. The molecule has 118 valence electrons. The molecule has 0 atom stereocenters. The number of rotatable bonds is 4. The highest BCUT2D eigenvalue weighted by molar-refractivity contribution is 5.65. The van der Waals surface area contributed by atoms with Crippen LogP contribution in [0.4, 0.5) is 11.5 Å². The summed E-state index contributed by atoms with van der Waals surface area (Å²) in [6.45, 7) is 3.73. The van der Waals surface area contributed by atoms with Crippen LogP contribution in [-0.4, -0.2) is 16.3 Å². The number of anilines is 2. The second kappa shape index (κ2) is 6.66. The Kier molecular flexibility index (Phi) is 4.42. The van der Waals surface area contributed by atoms with E-state index in [1.807, 2.05) is 38.1 Å². The molecule has 1 aliphatic carbocycles. The lowest BCUT2D eigenvalue weighted by atomic mass is 10.1. The molecular weight excluding hydrogens is 288 g/mol. The van der Waals surface area contributed by atoms with Gasteiger partial charge in [0.25, 0.3) is 0 Å². The summed E-state index contributed by atoms with van der Waals surface area (Å²) in [5.74, 6) is 1.32. The van der Waals surface area contributed by atoms with Crippen LogP contribution < -0.4 is 10.1 Å². The van der Waals surface area contributed by atoms with Gasteiger partial charge < -0.3 is 10.1 Å². The van der Waals surface area contributed by atoms with E-state index < -0.39 is 0 Å². The van der Waals surface area contributed by atoms with Crippen molar-refractivity contribution in [1.82, 2.24) is 10.2 Å². The summed E-state index contributed by atoms with van der Waals surface area (Å²) < 4.78 is 6.01. The molecule has 1 aromatic carbocycles. The predicted molar refractivity (Wildman–Crippen MR) is 88.8 cm³/mol. The van der Waals surface area contributed by atoms with Crippen LogP contribution in [0, 0.1) is 25.2 Å². The van der Waals surface area contributed by atoms with Crippen molar-refractivity contribution >= 4 is 11.5 Å². The minimum absolute atomic E-state index is 0.321. The third-order valence-corrected chi connectivity index (χ3v) is 4.27. The largest absolute Gasteiger partial charge is 0.490 e. The van der Waals surface area contributed by atoms with Crippen LogP contribution in [0.3, 0.4) is 0 Å². The first-order valence-electron chi connectivity index (χ1n) is 7.95. The van der Waals surface area contributed by atoms with E-state index in [1.165, 1.54) is 12.8 Å². The number of nitriles is 1. The molecule has 3 rings (SSSR count). The Morgan fingerprint density at radius 3 is 2.74 bits per heavy atom. The number of ether oxygens (including phenoxy) is 1. The molecule has 1 heterocycles. The quantitative estimate of drug-likeness (QED) is 0.923. The average molecular weight is 308 g/mol. The lowest BCUT2D eigenvalue weighted by molar-refractivity contribution is 0.210. The Labute approximate surface area is 136 Å². The van der Waals surface area contributed by atoms with E-state index >= 15 is 0 Å². The second-order valence-electron chi connectivity index (χ2n) is 5.92. The predicted octanol–water partition coefficient (Wildman–Crippen LogP) is 4.03. The molecule has 23 heavy (non-hydrogen) atoms. The summed E-state index contributed by atoms with van der Waals surface area (Å²) in [6.07, 6.45) is 5.05. The highest BCUT2D eigenvalue weighted by Crippen LogP contribution is 2.27. The normalized spacial score (nSPS) is 14.5. The molecular formula is C18H20N4O. The second-order valence-corrected chi connectivity index (χ2v) is 5.92. The summed E-state index contributed by atoms with van der Waals surface area (Å²) in [5.41, 5.74) is 2.99. The van der Waals surface area contributed by atoms with Gasteiger partial charge in [0.1, 0.15) is 17.4 Å². The zero-order valence-electron chi connectivity index (χ0n) is 13.5. The summed E-state index contributed by atoms with van der Waals surface area (Å²) in [7, 11) is 0. The average Bonchev–Trinajstić information content (AvgIpc) is 3.05. The molecule has 0 unspecified atom stereocenters. The lowest BCUT2D eigenvalue weighted by Gasteiger charge is -2.14. The summed E-state index contributed by atoms with van der Waals surface area (Å²) in [6, 6.07) is 9.97. The van der Waals surface area contributed by atoms with E-state index in [-0.39, 0.29) is 0 Å². The summed E-state index contributed by atoms with van der Waals surface area (Å²) >= 11 is 0. The van der Waals surface area contributed by atoms with Crippen LogP contribution in [0.25, 0.3) is 0 Å². The molecule has 0 saturated heterocycles. The van der Waals surface area contributed by atoms with Gasteiger partial charge in [-0.3, -0.25) is 0 Å². The Hall–Kier alpha value is -2.61. The fraction of sp³-hybridized carbons (Fsp3) is 0.389. The zero-order valence-corrected chi connectivity index (χ0v) is 13.5. The van der Waals surface area contributed by atoms with Crippen molar-refractivity contribution in [2.75, 3.05) is 5.32 Å². The van der Waals surface area contributed by atoms with Crippen molar-refractivity contribution in [1.29, 1.82) is 5.26 Å². The number of nitrogens with zero attached hydrogens (tertiary/aromatic N) is 3. The van der Waals surface area contributed by atoms with Crippen molar-refractivity contribution in [2.24, 2.45) is 0 Å². The van der Waals surface area contributed by atoms with Crippen LogP contribution in [0.1, 0.15) is 42.5 Å². The molecule has 2 aromatic rings. The van der Waals surface area contributed by atoms with Gasteiger partial charge in [-0.1, -0.05) is 6.07 Å². The van der Waals surface area contributed by atoms with Crippen LogP contribution in [0.2, 0.25) is 0 Å². The Morgan fingerprint density at radius 2 is 2.00 bits per heavy atom. The standard InChI is InChI=1S/C18H20N4O/c1-12-13(2)21-22-18(17(12)11-19)20-14-6-5-9-16(10-14)23-15-7-3-4-8-15/h5-6,9-10,15H,3-4,7-8H2,1-2H3,(H,20,22). The maximum Gasteiger partial charge on any atom is 0.171 e. The van der Waals surface area contributed by atoms with Gasteiger partial charge in [-0.15, -0.1) is 5.10 Å². The molecule has 5 nitrogen and oxygen atoms in total. The van der Waals surface area contributed by atoms with E-state index in [9.17, 15) is 5.26 Å². The third kappa shape index (κ3) is 3.42. The molecule has 1 aliphatic rings. The molecule has 0 aliphatic heterocycles. The van der Waals surface area contributed by atoms with Crippen molar-refractivity contribution in [3.05, 3.63) is 41.1 Å². The molecule has 0 bridgehead atoms. The Balaban J connectivity index is 1.81. The van der Waals surface area contributed by atoms with E-state index in [0.29, 0.717) is 17.5 Å². The number of aromatic nitrogens is 2. The monoisotopic (exact) mass is 308 g/mol. The first-order valence-corrected chi connectivity index (χ1v) is 7.95. The first kappa shape index (κ1) is 15.3. The topological polar surface area (TPSA) is 70.8 Å². The minimum Gasteiger partial charge on any atom is -0.490 e. The van der Waals surface area contributed by atoms with Crippen molar-refractivity contribution in [2.45, 2.75) is 45.6 Å². The van der Waals surface area contributed by atoms with Crippen molar-refractivity contribution < 1.29 is 4.74 Å².